The Balaban J connectivity index is 1.65. The molecule has 0 aliphatic carbocycles. The maximum atomic E-state index is 11.5. The fourth-order valence-corrected chi connectivity index (χ4v) is 4.89. The third-order valence-electron chi connectivity index (χ3n) is 5.56. The molecule has 0 spiro atoms. The minimum Gasteiger partial charge on any atom is -0.488 e. The molecule has 3 aromatic rings. The second-order valence-corrected chi connectivity index (χ2v) is 9.20. The van der Waals surface area contributed by atoms with Gasteiger partial charge < -0.3 is 19.1 Å². The Kier molecular flexibility index (Phi) is 8.26. The average Bonchev–Trinajstić information content (AvgIpc) is 3.25. The zero-order valence-electron chi connectivity index (χ0n) is 19.8. The molecule has 0 unspecified atom stereocenters. The number of rotatable bonds is 11. The fourth-order valence-electron chi connectivity index (χ4n) is 3.98. The predicted octanol–water partition coefficient (Wildman–Crippen LogP) is 6.71. The molecule has 0 amide bonds. The van der Waals surface area contributed by atoms with Gasteiger partial charge in [-0.05, 0) is 42.7 Å². The number of fused-ring (bicyclic) bond motifs is 1. The molecule has 6 heteroatoms. The van der Waals surface area contributed by atoms with Crippen LogP contribution in [0.4, 0.5) is 5.69 Å². The van der Waals surface area contributed by atoms with Crippen LogP contribution in [0.3, 0.4) is 0 Å². The molecule has 178 valence electrons. The summed E-state index contributed by atoms with van der Waals surface area (Å²) >= 11 is 1.38. The van der Waals surface area contributed by atoms with Gasteiger partial charge in [-0.1, -0.05) is 44.2 Å². The van der Waals surface area contributed by atoms with E-state index in [1.54, 1.807) is 0 Å². The van der Waals surface area contributed by atoms with Gasteiger partial charge in [-0.2, -0.15) is 0 Å². The van der Waals surface area contributed by atoms with Crippen LogP contribution < -0.4 is 19.1 Å². The molecule has 0 bridgehead atoms. The van der Waals surface area contributed by atoms with E-state index in [0.717, 1.165) is 59.7 Å². The van der Waals surface area contributed by atoms with E-state index in [9.17, 15) is 4.79 Å². The number of nitrogens with zero attached hydrogens (tertiary/aromatic N) is 1. The number of thiophene rings is 1. The van der Waals surface area contributed by atoms with Crippen molar-refractivity contribution in [3.8, 4) is 17.2 Å². The summed E-state index contributed by atoms with van der Waals surface area (Å²) in [4.78, 5) is 15.3. The summed E-state index contributed by atoms with van der Waals surface area (Å²) in [5, 5.41) is 0. The smallest absolute Gasteiger partial charge is 0.183 e. The molecular formula is C28H31NO4S. The Morgan fingerprint density at radius 1 is 0.941 bits per heavy atom. The molecule has 1 aliphatic heterocycles. The predicted molar refractivity (Wildman–Crippen MR) is 140 cm³/mol. The first-order chi connectivity index (χ1) is 16.7. The van der Waals surface area contributed by atoms with Crippen molar-refractivity contribution in [1.82, 2.24) is 0 Å². The standard InChI is InChI=1S/C28H31NO4S/c1-3-14-29(15-4-2)23-12-10-22(24(18-23)33-20-21-8-6-5-7-9-21)11-13-25-27-28(26(19-30)34-25)32-17-16-31-27/h5-13,18-19H,3-4,14-17,20H2,1-2H3/b13-11+. The van der Waals surface area contributed by atoms with Gasteiger partial charge in [-0.15, -0.1) is 11.3 Å². The van der Waals surface area contributed by atoms with E-state index in [0.29, 0.717) is 36.2 Å². The molecular weight excluding hydrogens is 446 g/mol. The lowest BCUT2D eigenvalue weighted by atomic mass is 10.1. The highest BCUT2D eigenvalue weighted by atomic mass is 32.1. The number of anilines is 1. The molecule has 0 radical (unpaired) electrons. The summed E-state index contributed by atoms with van der Waals surface area (Å²) in [6, 6.07) is 16.6. The van der Waals surface area contributed by atoms with E-state index in [1.807, 2.05) is 30.4 Å². The highest BCUT2D eigenvalue weighted by Gasteiger charge is 2.23. The van der Waals surface area contributed by atoms with E-state index in [-0.39, 0.29) is 0 Å². The van der Waals surface area contributed by atoms with Crippen LogP contribution >= 0.6 is 11.3 Å². The molecule has 0 N–H and O–H groups in total. The quantitative estimate of drug-likeness (QED) is 0.287. The Bertz CT molecular complexity index is 1120. The van der Waals surface area contributed by atoms with Crippen molar-refractivity contribution >= 4 is 35.5 Å². The van der Waals surface area contributed by atoms with Gasteiger partial charge in [0.2, 0.25) is 0 Å². The summed E-state index contributed by atoms with van der Waals surface area (Å²) in [5.41, 5.74) is 3.26. The maximum absolute atomic E-state index is 11.5. The van der Waals surface area contributed by atoms with Crippen LogP contribution in [0.5, 0.6) is 17.2 Å². The highest BCUT2D eigenvalue weighted by Crippen LogP contribution is 2.44. The van der Waals surface area contributed by atoms with Crippen LogP contribution in [0, 0.1) is 0 Å². The van der Waals surface area contributed by atoms with Gasteiger partial charge in [0, 0.05) is 30.4 Å². The first-order valence-corrected chi connectivity index (χ1v) is 12.7. The monoisotopic (exact) mass is 477 g/mol. The third-order valence-corrected chi connectivity index (χ3v) is 6.60. The normalized spacial score (nSPS) is 12.6. The third kappa shape index (κ3) is 5.62. The molecule has 34 heavy (non-hydrogen) atoms. The van der Waals surface area contributed by atoms with E-state index in [2.05, 4.69) is 49.1 Å². The molecule has 4 rings (SSSR count). The van der Waals surface area contributed by atoms with Gasteiger partial charge in [0.15, 0.2) is 17.8 Å². The Labute approximate surface area is 205 Å². The van der Waals surface area contributed by atoms with Crippen molar-refractivity contribution in [1.29, 1.82) is 0 Å². The second kappa shape index (κ2) is 11.7. The van der Waals surface area contributed by atoms with Gasteiger partial charge in [0.25, 0.3) is 0 Å². The minimum absolute atomic E-state index is 0.457. The largest absolute Gasteiger partial charge is 0.488 e. The molecule has 0 saturated carbocycles. The number of ether oxygens (including phenoxy) is 3. The summed E-state index contributed by atoms with van der Waals surface area (Å²) < 4.78 is 17.8. The molecule has 0 saturated heterocycles. The van der Waals surface area contributed by atoms with Gasteiger partial charge in [-0.3, -0.25) is 4.79 Å². The average molecular weight is 478 g/mol. The molecule has 1 aromatic heterocycles. The lowest BCUT2D eigenvalue weighted by Gasteiger charge is -2.25. The van der Waals surface area contributed by atoms with Crippen LogP contribution in [0.2, 0.25) is 0 Å². The molecule has 0 atom stereocenters. The SMILES string of the molecule is CCCN(CCC)c1ccc(/C=C/c2sc(C=O)c3c2OCCO3)c(OCc2ccccc2)c1. The second-order valence-electron chi connectivity index (χ2n) is 8.12. The molecule has 0 fully saturated rings. The number of benzene rings is 2. The van der Waals surface area contributed by atoms with Crippen molar-refractivity contribution in [2.45, 2.75) is 33.3 Å². The van der Waals surface area contributed by atoms with Crippen LogP contribution in [0.25, 0.3) is 12.2 Å². The van der Waals surface area contributed by atoms with Crippen molar-refractivity contribution in [3.05, 3.63) is 69.4 Å². The summed E-state index contributed by atoms with van der Waals surface area (Å²) in [6.45, 7) is 7.85. The first-order valence-electron chi connectivity index (χ1n) is 11.8. The van der Waals surface area contributed by atoms with Gasteiger partial charge >= 0.3 is 0 Å². The van der Waals surface area contributed by atoms with Gasteiger partial charge in [-0.25, -0.2) is 0 Å². The van der Waals surface area contributed by atoms with Crippen molar-refractivity contribution < 1.29 is 19.0 Å². The number of hydrogen-bond donors (Lipinski definition) is 0. The van der Waals surface area contributed by atoms with Crippen molar-refractivity contribution in [2.24, 2.45) is 0 Å². The number of carbonyl (C=O) groups is 1. The zero-order chi connectivity index (χ0) is 23.8. The van der Waals surface area contributed by atoms with E-state index in [4.69, 9.17) is 14.2 Å². The van der Waals surface area contributed by atoms with Crippen LogP contribution in [-0.4, -0.2) is 32.6 Å². The highest BCUT2D eigenvalue weighted by molar-refractivity contribution is 7.15. The Morgan fingerprint density at radius 3 is 2.32 bits per heavy atom. The maximum Gasteiger partial charge on any atom is 0.183 e. The Morgan fingerprint density at radius 2 is 1.65 bits per heavy atom. The van der Waals surface area contributed by atoms with Crippen LogP contribution in [0.15, 0.2) is 48.5 Å². The minimum atomic E-state index is 0.457. The lowest BCUT2D eigenvalue weighted by molar-refractivity contribution is 0.111. The Hall–Kier alpha value is -3.25. The summed E-state index contributed by atoms with van der Waals surface area (Å²) in [6.07, 6.45) is 7.01. The van der Waals surface area contributed by atoms with E-state index < -0.39 is 0 Å². The summed E-state index contributed by atoms with van der Waals surface area (Å²) in [5.74, 6) is 2.03. The molecule has 1 aliphatic rings. The van der Waals surface area contributed by atoms with Crippen LogP contribution in [-0.2, 0) is 6.61 Å². The molecule has 2 aromatic carbocycles. The van der Waals surface area contributed by atoms with Gasteiger partial charge in [0.05, 0.1) is 4.88 Å². The van der Waals surface area contributed by atoms with Crippen LogP contribution in [0.1, 0.15) is 52.4 Å². The summed E-state index contributed by atoms with van der Waals surface area (Å²) in [7, 11) is 0. The van der Waals surface area contributed by atoms with E-state index >= 15 is 0 Å². The fraction of sp³-hybridized carbons (Fsp3) is 0.321. The topological polar surface area (TPSA) is 48.0 Å². The number of carbonyl (C=O) groups excluding carboxylic acids is 1. The van der Waals surface area contributed by atoms with E-state index in [1.165, 1.54) is 11.3 Å². The van der Waals surface area contributed by atoms with Crippen molar-refractivity contribution in [3.63, 3.8) is 0 Å². The number of hydrogen-bond acceptors (Lipinski definition) is 6. The van der Waals surface area contributed by atoms with Gasteiger partial charge in [0.1, 0.15) is 30.4 Å². The van der Waals surface area contributed by atoms with Crippen molar-refractivity contribution in [2.75, 3.05) is 31.2 Å². The zero-order valence-corrected chi connectivity index (χ0v) is 20.6. The lowest BCUT2D eigenvalue weighted by Crippen LogP contribution is -2.24. The first kappa shape index (κ1) is 23.9. The molecule has 5 nitrogen and oxygen atoms in total. The number of aldehydes is 1. The molecule has 2 heterocycles.